The average molecular weight is 439 g/mol. The van der Waals surface area contributed by atoms with Crippen LogP contribution in [0.4, 0.5) is 26.4 Å². The van der Waals surface area contributed by atoms with E-state index in [9.17, 15) is 4.79 Å². The Balaban J connectivity index is 1.52. The molecule has 10 heteroatoms. The Labute approximate surface area is 183 Å². The second-order valence-corrected chi connectivity index (χ2v) is 8.15. The fourth-order valence-electron chi connectivity index (χ4n) is 3.86. The molecule has 5 rings (SSSR count). The van der Waals surface area contributed by atoms with Crippen LogP contribution in [0.5, 0.6) is 5.88 Å². The van der Waals surface area contributed by atoms with Gasteiger partial charge in [-0.3, -0.25) is 5.32 Å². The molecule has 1 saturated heterocycles. The van der Waals surface area contributed by atoms with Crippen molar-refractivity contribution in [2.75, 3.05) is 42.7 Å². The number of fused-ring (bicyclic) bond motifs is 2. The zero-order valence-electron chi connectivity index (χ0n) is 17.6. The van der Waals surface area contributed by atoms with Gasteiger partial charge in [-0.05, 0) is 36.9 Å². The minimum absolute atomic E-state index is 0.0282. The molecule has 32 heavy (non-hydrogen) atoms. The van der Waals surface area contributed by atoms with Gasteiger partial charge in [0.05, 0.1) is 18.9 Å². The number of carbonyl (C=O) groups excluding carboxylic acids is 1. The van der Waals surface area contributed by atoms with Crippen LogP contribution < -0.4 is 21.1 Å². The third kappa shape index (κ3) is 3.42. The van der Waals surface area contributed by atoms with Crippen LogP contribution in [0.2, 0.25) is 0 Å². The highest BCUT2D eigenvalue weighted by Crippen LogP contribution is 2.39. The molecule has 3 aromatic rings. The van der Waals surface area contributed by atoms with Crippen LogP contribution >= 0.6 is 0 Å². The second kappa shape index (κ2) is 7.49. The van der Waals surface area contributed by atoms with Gasteiger partial charge in [0, 0.05) is 35.5 Å². The van der Waals surface area contributed by atoms with Crippen LogP contribution in [0.1, 0.15) is 12.5 Å². The molecule has 0 atom stereocenters. The Morgan fingerprint density at radius 2 is 2.09 bits per heavy atom. The zero-order valence-corrected chi connectivity index (χ0v) is 17.6. The van der Waals surface area contributed by atoms with E-state index in [0.29, 0.717) is 54.1 Å². The van der Waals surface area contributed by atoms with Gasteiger partial charge in [0.25, 0.3) is 0 Å². The van der Waals surface area contributed by atoms with Crippen molar-refractivity contribution < 1.29 is 23.4 Å². The number of pyridine rings is 2. The molecule has 2 aliphatic rings. The summed E-state index contributed by atoms with van der Waals surface area (Å²) < 4.78 is 31.2. The summed E-state index contributed by atoms with van der Waals surface area (Å²) in [5.74, 6) is 0.198. The number of nitrogen functional groups attached to an aromatic ring is 1. The summed E-state index contributed by atoms with van der Waals surface area (Å²) >= 11 is 0. The molecular weight excluding hydrogens is 417 g/mol. The smallest absolute Gasteiger partial charge is 0.413 e. The summed E-state index contributed by atoms with van der Waals surface area (Å²) in [6.45, 7) is 5.51. The standard InChI is InChI=1S/C22H22FN5O4/c1-11-14(7-27-20-19(11)25-3-4-31-20)13-5-12-6-16(26-8-15(12)18(24)17(13)23)28-21(29)32-22(2)9-30-10-22/h5-8,25H,3-4,9-10,24H2,1-2H3,(H,26,28,29). The maximum atomic E-state index is 15.2. The molecule has 4 N–H and O–H groups in total. The molecule has 9 nitrogen and oxygen atoms in total. The van der Waals surface area contributed by atoms with Crippen LogP contribution in [0.3, 0.4) is 0 Å². The van der Waals surface area contributed by atoms with Crippen molar-refractivity contribution in [2.45, 2.75) is 19.4 Å². The minimum Gasteiger partial charge on any atom is -0.474 e. The molecule has 0 unspecified atom stereocenters. The molecule has 4 heterocycles. The van der Waals surface area contributed by atoms with Gasteiger partial charge in [0.2, 0.25) is 5.88 Å². The van der Waals surface area contributed by atoms with E-state index in [2.05, 4.69) is 20.6 Å². The maximum absolute atomic E-state index is 15.2. The lowest BCUT2D eigenvalue weighted by atomic mass is 9.97. The number of aromatic nitrogens is 2. The van der Waals surface area contributed by atoms with Crippen LogP contribution in [0, 0.1) is 12.7 Å². The topological polar surface area (TPSA) is 121 Å². The number of nitrogens with zero attached hydrogens (tertiary/aromatic N) is 2. The zero-order chi connectivity index (χ0) is 22.5. The lowest BCUT2D eigenvalue weighted by Crippen LogP contribution is -2.51. The Bertz CT molecular complexity index is 1240. The monoisotopic (exact) mass is 439 g/mol. The number of rotatable bonds is 3. The predicted molar refractivity (Wildman–Crippen MR) is 117 cm³/mol. The van der Waals surface area contributed by atoms with E-state index in [4.69, 9.17) is 19.9 Å². The molecule has 0 aliphatic carbocycles. The summed E-state index contributed by atoms with van der Waals surface area (Å²) in [6.07, 6.45) is 2.36. The first-order valence-electron chi connectivity index (χ1n) is 10.2. The molecule has 0 saturated carbocycles. The highest BCUT2D eigenvalue weighted by Gasteiger charge is 2.37. The highest BCUT2D eigenvalue weighted by molar-refractivity contribution is 5.99. The third-order valence-electron chi connectivity index (χ3n) is 5.62. The Kier molecular flexibility index (Phi) is 4.74. The first-order chi connectivity index (χ1) is 15.3. The Hall–Kier alpha value is -3.66. The number of ether oxygens (including phenoxy) is 3. The number of carbonyl (C=O) groups is 1. The first kappa shape index (κ1) is 20.3. The summed E-state index contributed by atoms with van der Waals surface area (Å²) in [5, 5.41) is 6.91. The van der Waals surface area contributed by atoms with Gasteiger partial charge in [0.15, 0.2) is 11.4 Å². The van der Waals surface area contributed by atoms with Gasteiger partial charge >= 0.3 is 6.09 Å². The van der Waals surface area contributed by atoms with Crippen molar-refractivity contribution in [3.05, 3.63) is 35.9 Å². The second-order valence-electron chi connectivity index (χ2n) is 8.15. The first-order valence-corrected chi connectivity index (χ1v) is 10.2. The fraction of sp³-hybridized carbons (Fsp3) is 0.318. The third-order valence-corrected chi connectivity index (χ3v) is 5.62. The number of nitrogens with one attached hydrogen (secondary N) is 2. The van der Waals surface area contributed by atoms with E-state index < -0.39 is 17.5 Å². The number of benzene rings is 1. The van der Waals surface area contributed by atoms with E-state index in [1.54, 1.807) is 25.3 Å². The number of amides is 1. The van der Waals surface area contributed by atoms with Crippen LogP contribution in [-0.2, 0) is 9.47 Å². The van der Waals surface area contributed by atoms with E-state index >= 15 is 4.39 Å². The SMILES string of the molecule is Cc1c(-c2cc3cc(NC(=O)OC4(C)COC4)ncc3c(N)c2F)cnc2c1NCCO2. The Morgan fingerprint density at radius 3 is 2.84 bits per heavy atom. The van der Waals surface area contributed by atoms with Crippen molar-refractivity contribution >= 4 is 34.1 Å². The normalized spacial score (nSPS) is 16.3. The summed E-state index contributed by atoms with van der Waals surface area (Å²) in [6, 6.07) is 3.29. The lowest BCUT2D eigenvalue weighted by Gasteiger charge is -2.36. The van der Waals surface area contributed by atoms with Crippen molar-refractivity contribution in [1.82, 2.24) is 9.97 Å². The van der Waals surface area contributed by atoms with Crippen LogP contribution in [0.25, 0.3) is 21.9 Å². The van der Waals surface area contributed by atoms with E-state index in [1.165, 1.54) is 6.20 Å². The summed E-state index contributed by atoms with van der Waals surface area (Å²) in [7, 11) is 0. The maximum Gasteiger partial charge on any atom is 0.413 e. The van der Waals surface area contributed by atoms with Gasteiger partial charge in [-0.15, -0.1) is 0 Å². The molecule has 1 aromatic carbocycles. The number of halogens is 1. The quantitative estimate of drug-likeness (QED) is 0.531. The van der Waals surface area contributed by atoms with Gasteiger partial charge in [-0.1, -0.05) is 0 Å². The summed E-state index contributed by atoms with van der Waals surface area (Å²) in [5.41, 5.74) is 7.87. The largest absolute Gasteiger partial charge is 0.474 e. The molecule has 0 radical (unpaired) electrons. The molecule has 166 valence electrons. The van der Waals surface area contributed by atoms with Gasteiger partial charge in [-0.2, -0.15) is 0 Å². The van der Waals surface area contributed by atoms with Crippen molar-refractivity contribution in [3.8, 4) is 17.0 Å². The number of nitrogens with two attached hydrogens (primary N) is 1. The number of anilines is 3. The fourth-order valence-corrected chi connectivity index (χ4v) is 3.86. The number of hydrogen-bond acceptors (Lipinski definition) is 8. The molecule has 2 aliphatic heterocycles. The van der Waals surface area contributed by atoms with E-state index in [0.717, 1.165) is 11.3 Å². The summed E-state index contributed by atoms with van der Waals surface area (Å²) in [4.78, 5) is 20.7. The van der Waals surface area contributed by atoms with Crippen molar-refractivity contribution in [1.29, 1.82) is 0 Å². The van der Waals surface area contributed by atoms with Gasteiger partial charge in [-0.25, -0.2) is 19.2 Å². The molecule has 1 fully saturated rings. The van der Waals surface area contributed by atoms with Crippen LogP contribution in [0.15, 0.2) is 24.5 Å². The predicted octanol–water partition coefficient (Wildman–Crippen LogP) is 3.47. The lowest BCUT2D eigenvalue weighted by molar-refractivity contribution is -0.164. The van der Waals surface area contributed by atoms with Crippen LogP contribution in [-0.4, -0.2) is 48.0 Å². The molecular formula is C22H22FN5O4. The Morgan fingerprint density at radius 1 is 1.28 bits per heavy atom. The van der Waals surface area contributed by atoms with Gasteiger partial charge in [0.1, 0.15) is 18.1 Å². The minimum atomic E-state index is -0.642. The van der Waals surface area contributed by atoms with E-state index in [1.807, 2.05) is 6.92 Å². The number of hydrogen-bond donors (Lipinski definition) is 3. The molecule has 0 bridgehead atoms. The van der Waals surface area contributed by atoms with Gasteiger partial charge < -0.3 is 25.3 Å². The molecule has 0 spiro atoms. The highest BCUT2D eigenvalue weighted by atomic mass is 19.1. The van der Waals surface area contributed by atoms with Crippen molar-refractivity contribution in [2.24, 2.45) is 0 Å². The molecule has 1 amide bonds. The average Bonchev–Trinajstić information content (AvgIpc) is 2.76. The molecule has 2 aromatic heterocycles. The van der Waals surface area contributed by atoms with E-state index in [-0.39, 0.29) is 11.5 Å². The van der Waals surface area contributed by atoms with Crippen molar-refractivity contribution in [3.63, 3.8) is 0 Å².